The number of fused-ring (bicyclic) bond motifs is 2. The number of pyridine rings is 1. The lowest BCUT2D eigenvalue weighted by atomic mass is 9.97. The maximum atomic E-state index is 11.2. The molecule has 1 aliphatic heterocycles. The van der Waals surface area contributed by atoms with Gasteiger partial charge >= 0.3 is 0 Å². The zero-order valence-corrected chi connectivity index (χ0v) is 15.9. The van der Waals surface area contributed by atoms with Gasteiger partial charge < -0.3 is 0 Å². The molecule has 1 aromatic carbocycles. The van der Waals surface area contributed by atoms with E-state index in [1.807, 2.05) is 22.8 Å². The van der Waals surface area contributed by atoms with Crippen molar-refractivity contribution >= 4 is 17.5 Å². The first-order valence-electron chi connectivity index (χ1n) is 9.53. The summed E-state index contributed by atoms with van der Waals surface area (Å²) in [5.41, 5.74) is 8.84. The number of aromatic nitrogens is 2. The van der Waals surface area contributed by atoms with Crippen LogP contribution in [0.15, 0.2) is 48.7 Å². The van der Waals surface area contributed by atoms with Gasteiger partial charge in [-0.05, 0) is 54.7 Å². The van der Waals surface area contributed by atoms with Crippen LogP contribution in [0.1, 0.15) is 27.9 Å². The lowest BCUT2D eigenvalue weighted by Crippen LogP contribution is -2.32. The van der Waals surface area contributed by atoms with Crippen LogP contribution in [0.5, 0.6) is 0 Å². The fraction of sp³-hybridized carbons (Fsp3) is 0.273. The molecular formula is C22H24N4O2. The van der Waals surface area contributed by atoms with E-state index in [2.05, 4.69) is 41.2 Å². The molecule has 0 radical (unpaired) electrons. The zero-order valence-electron chi connectivity index (χ0n) is 15.9. The minimum atomic E-state index is -0.525. The molecule has 6 heteroatoms. The third-order valence-electron chi connectivity index (χ3n) is 5.38. The first kappa shape index (κ1) is 18.4. The first-order chi connectivity index (χ1) is 13.6. The highest BCUT2D eigenvalue weighted by Gasteiger charge is 2.17. The highest BCUT2D eigenvalue weighted by atomic mass is 16.5. The number of hydrogen-bond acceptors (Lipinski definition) is 4. The summed E-state index contributed by atoms with van der Waals surface area (Å²) >= 11 is 0. The van der Waals surface area contributed by atoms with Gasteiger partial charge in [-0.25, -0.2) is 10.00 Å². The molecule has 3 heterocycles. The third-order valence-corrected chi connectivity index (χ3v) is 5.38. The Morgan fingerprint density at radius 3 is 3.04 bits per heavy atom. The predicted molar refractivity (Wildman–Crippen MR) is 108 cm³/mol. The molecule has 1 aliphatic rings. The topological polar surface area (TPSA) is 69.9 Å². The van der Waals surface area contributed by atoms with E-state index in [4.69, 9.17) is 5.21 Å². The SMILES string of the molecule is Cc1nn2ccccc2c1CCN1CCc2ccc(/C=C/C(=O)NO)cc2C1. The van der Waals surface area contributed by atoms with Crippen LogP contribution in [0.3, 0.4) is 0 Å². The van der Waals surface area contributed by atoms with Gasteiger partial charge in [-0.2, -0.15) is 5.10 Å². The van der Waals surface area contributed by atoms with Gasteiger partial charge in [0.05, 0.1) is 11.2 Å². The summed E-state index contributed by atoms with van der Waals surface area (Å²) in [6.45, 7) is 5.02. The molecule has 2 aromatic heterocycles. The summed E-state index contributed by atoms with van der Waals surface area (Å²) in [7, 11) is 0. The molecule has 144 valence electrons. The fourth-order valence-electron chi connectivity index (χ4n) is 3.89. The molecule has 3 aromatic rings. The Kier molecular flexibility index (Phi) is 5.23. The molecule has 0 atom stereocenters. The van der Waals surface area contributed by atoms with Crippen LogP contribution in [-0.4, -0.2) is 38.7 Å². The Hall–Kier alpha value is -2.96. The number of amides is 1. The van der Waals surface area contributed by atoms with Gasteiger partial charge in [-0.3, -0.25) is 14.9 Å². The maximum absolute atomic E-state index is 11.2. The van der Waals surface area contributed by atoms with E-state index in [9.17, 15) is 4.79 Å². The second kappa shape index (κ2) is 7.96. The molecule has 6 nitrogen and oxygen atoms in total. The molecule has 0 fully saturated rings. The van der Waals surface area contributed by atoms with E-state index in [-0.39, 0.29) is 0 Å². The summed E-state index contributed by atoms with van der Waals surface area (Å²) < 4.78 is 1.96. The average Bonchev–Trinajstić information content (AvgIpc) is 3.05. The van der Waals surface area contributed by atoms with Gasteiger partial charge in [0.1, 0.15) is 0 Å². The Labute approximate surface area is 164 Å². The van der Waals surface area contributed by atoms with E-state index in [0.717, 1.165) is 43.7 Å². The number of nitrogens with one attached hydrogen (secondary N) is 1. The van der Waals surface area contributed by atoms with Gasteiger partial charge in [0, 0.05) is 37.5 Å². The molecule has 1 amide bonds. The standard InChI is InChI=1S/C22H24N4O2/c1-16-20(21-4-2-3-11-26(21)23-16)10-13-25-12-9-18-7-5-17(14-19(18)15-25)6-8-22(27)24-28/h2-8,11,14,28H,9-10,12-13,15H2,1H3,(H,24,27)/b8-6+. The third kappa shape index (κ3) is 3.83. The lowest BCUT2D eigenvalue weighted by Gasteiger charge is -2.29. The Morgan fingerprint density at radius 2 is 2.18 bits per heavy atom. The number of hydroxylamine groups is 1. The summed E-state index contributed by atoms with van der Waals surface area (Å²) in [4.78, 5) is 13.7. The largest absolute Gasteiger partial charge is 0.298 e. The van der Waals surface area contributed by atoms with Gasteiger partial charge in [0.2, 0.25) is 0 Å². The number of aryl methyl sites for hydroxylation is 1. The van der Waals surface area contributed by atoms with E-state index in [0.29, 0.717) is 0 Å². The quantitative estimate of drug-likeness (QED) is 0.408. The maximum Gasteiger partial charge on any atom is 0.267 e. The summed E-state index contributed by atoms with van der Waals surface area (Å²) in [6.07, 6.45) is 7.05. The predicted octanol–water partition coefficient (Wildman–Crippen LogP) is 2.76. The van der Waals surface area contributed by atoms with Crippen molar-refractivity contribution in [3.05, 3.63) is 76.6 Å². The van der Waals surface area contributed by atoms with Crippen molar-refractivity contribution in [3.63, 3.8) is 0 Å². The number of carbonyl (C=O) groups excluding carboxylic acids is 1. The minimum Gasteiger partial charge on any atom is -0.298 e. The van der Waals surface area contributed by atoms with Crippen LogP contribution in [0, 0.1) is 6.92 Å². The van der Waals surface area contributed by atoms with Crippen LogP contribution in [0.2, 0.25) is 0 Å². The normalized spacial score (nSPS) is 14.5. The molecule has 0 saturated carbocycles. The Balaban J connectivity index is 1.45. The van der Waals surface area contributed by atoms with Gasteiger partial charge in [-0.1, -0.05) is 24.3 Å². The molecule has 2 N–H and O–H groups in total. The van der Waals surface area contributed by atoms with Crippen molar-refractivity contribution in [2.75, 3.05) is 13.1 Å². The molecule has 0 saturated heterocycles. The summed E-state index contributed by atoms with van der Waals surface area (Å²) in [5, 5.41) is 13.2. The van der Waals surface area contributed by atoms with Crippen molar-refractivity contribution in [3.8, 4) is 0 Å². The minimum absolute atomic E-state index is 0.525. The van der Waals surface area contributed by atoms with Gasteiger partial charge in [0.15, 0.2) is 0 Å². The monoisotopic (exact) mass is 376 g/mol. The number of nitrogens with zero attached hydrogens (tertiary/aromatic N) is 3. The van der Waals surface area contributed by atoms with Gasteiger partial charge in [-0.15, -0.1) is 0 Å². The van der Waals surface area contributed by atoms with Crippen molar-refractivity contribution in [2.24, 2.45) is 0 Å². The molecule has 28 heavy (non-hydrogen) atoms. The smallest absolute Gasteiger partial charge is 0.267 e. The van der Waals surface area contributed by atoms with Crippen LogP contribution in [-0.2, 0) is 24.2 Å². The fourth-order valence-corrected chi connectivity index (χ4v) is 3.89. The molecule has 0 unspecified atom stereocenters. The van der Waals surface area contributed by atoms with Crippen LogP contribution in [0.25, 0.3) is 11.6 Å². The number of carbonyl (C=O) groups is 1. The first-order valence-corrected chi connectivity index (χ1v) is 9.53. The second-order valence-corrected chi connectivity index (χ2v) is 7.21. The number of hydrogen-bond donors (Lipinski definition) is 2. The highest BCUT2D eigenvalue weighted by Crippen LogP contribution is 2.22. The summed E-state index contributed by atoms with van der Waals surface area (Å²) in [6, 6.07) is 12.5. The molecule has 0 spiro atoms. The lowest BCUT2D eigenvalue weighted by molar-refractivity contribution is -0.124. The zero-order chi connectivity index (χ0) is 19.5. The van der Waals surface area contributed by atoms with E-state index >= 15 is 0 Å². The molecule has 0 bridgehead atoms. The Morgan fingerprint density at radius 1 is 1.29 bits per heavy atom. The van der Waals surface area contributed by atoms with Crippen LogP contribution in [0.4, 0.5) is 0 Å². The van der Waals surface area contributed by atoms with Crippen molar-refractivity contribution in [1.29, 1.82) is 0 Å². The molecular weight excluding hydrogens is 352 g/mol. The second-order valence-electron chi connectivity index (χ2n) is 7.21. The molecule has 4 rings (SSSR count). The molecule has 0 aliphatic carbocycles. The Bertz CT molecular complexity index is 1040. The van der Waals surface area contributed by atoms with Crippen molar-refractivity contribution < 1.29 is 10.0 Å². The van der Waals surface area contributed by atoms with Gasteiger partial charge in [0.25, 0.3) is 5.91 Å². The number of benzene rings is 1. The van der Waals surface area contributed by atoms with Crippen LogP contribution >= 0.6 is 0 Å². The van der Waals surface area contributed by atoms with Crippen molar-refractivity contribution in [2.45, 2.75) is 26.3 Å². The summed E-state index contributed by atoms with van der Waals surface area (Å²) in [5.74, 6) is -0.525. The van der Waals surface area contributed by atoms with Crippen LogP contribution < -0.4 is 5.48 Å². The van der Waals surface area contributed by atoms with E-state index in [1.54, 1.807) is 11.6 Å². The highest BCUT2D eigenvalue weighted by molar-refractivity contribution is 5.90. The van der Waals surface area contributed by atoms with E-state index in [1.165, 1.54) is 28.3 Å². The van der Waals surface area contributed by atoms with Crippen molar-refractivity contribution in [1.82, 2.24) is 20.0 Å². The van der Waals surface area contributed by atoms with E-state index < -0.39 is 5.91 Å². The average molecular weight is 376 g/mol. The number of rotatable bonds is 5.